The highest BCUT2D eigenvalue weighted by atomic mass is 32.1. The molecule has 0 fully saturated rings. The lowest BCUT2D eigenvalue weighted by Crippen LogP contribution is -2.37. The number of pyridine rings is 2. The summed E-state index contributed by atoms with van der Waals surface area (Å²) in [6.07, 6.45) is 7.11. The van der Waals surface area contributed by atoms with E-state index in [2.05, 4.69) is 77.2 Å². The number of nitrogens with zero attached hydrogens (tertiary/aromatic N) is 6. The number of hydrogen-bond donors (Lipinski definition) is 4. The Balaban J connectivity index is 0.000000177. The number of amides is 1. The molecule has 6 heterocycles. The molecule has 0 atom stereocenters. The van der Waals surface area contributed by atoms with Crippen LogP contribution >= 0.6 is 22.7 Å². The Hall–Kier alpha value is -4.85. The van der Waals surface area contributed by atoms with Gasteiger partial charge in [0.05, 0.1) is 23.8 Å². The van der Waals surface area contributed by atoms with Crippen molar-refractivity contribution in [3.63, 3.8) is 0 Å². The molecule has 0 unspecified atom stereocenters. The van der Waals surface area contributed by atoms with Gasteiger partial charge in [0.25, 0.3) is 5.91 Å². The smallest absolute Gasteiger partial charge is 0.251 e. The standard InChI is InChI=1S/C21H21N5OS.C14H17N5S/c1-13-17(21(2,3)12-23-19(27)14-7-5-4-6-8-14)25-20(28-13)15-9-10-22-18-16(15)11-24-26-18;1-8-11(14(2,3)7-15)18-13(20-8)9-4-5-16-12-10(9)6-17-19-12/h4-11H,12H2,1-3H3,(H,23,27)(H,22,24,26);4-6H,7,15H2,1-3H3,(H,16,17,19). The monoisotopic (exact) mass is 678 g/mol. The SMILES string of the molecule is Cc1sc(-c2ccnc3[nH]ncc23)nc1C(C)(C)CN.Cc1sc(-c2ccnc3[nH]ncc23)nc1C(C)(C)CNC(=O)c1ccccc1. The number of H-pyrrole nitrogens is 2. The van der Waals surface area contributed by atoms with E-state index in [0.717, 1.165) is 59.5 Å². The summed E-state index contributed by atoms with van der Waals surface area (Å²) in [5.74, 6) is -0.0731. The van der Waals surface area contributed by atoms with Crippen LogP contribution in [-0.4, -0.2) is 59.3 Å². The average Bonchev–Trinajstić information content (AvgIpc) is 3.90. The molecule has 0 saturated carbocycles. The Labute approximate surface area is 286 Å². The number of nitrogens with one attached hydrogen (secondary N) is 3. The van der Waals surface area contributed by atoms with Gasteiger partial charge in [-0.2, -0.15) is 10.2 Å². The summed E-state index contributed by atoms with van der Waals surface area (Å²) in [4.78, 5) is 33.1. The summed E-state index contributed by atoms with van der Waals surface area (Å²) in [5, 5.41) is 20.8. The maximum atomic E-state index is 12.4. The molecule has 0 bridgehead atoms. The third-order valence-corrected chi connectivity index (χ3v) is 10.3. The van der Waals surface area contributed by atoms with E-state index in [1.54, 1.807) is 47.5 Å². The summed E-state index contributed by atoms with van der Waals surface area (Å²) < 4.78 is 0. The maximum Gasteiger partial charge on any atom is 0.251 e. The number of aromatic amines is 2. The van der Waals surface area contributed by atoms with Gasteiger partial charge in [0.15, 0.2) is 11.3 Å². The average molecular weight is 679 g/mol. The highest BCUT2D eigenvalue weighted by Gasteiger charge is 2.28. The Morgan fingerprint density at radius 2 is 1.27 bits per heavy atom. The van der Waals surface area contributed by atoms with Crippen molar-refractivity contribution >= 4 is 50.6 Å². The number of carbonyl (C=O) groups is 1. The fourth-order valence-electron chi connectivity index (χ4n) is 5.53. The first-order valence-corrected chi connectivity index (χ1v) is 17.2. The highest BCUT2D eigenvalue weighted by molar-refractivity contribution is 7.15. The Kier molecular flexibility index (Phi) is 9.19. The van der Waals surface area contributed by atoms with Crippen LogP contribution < -0.4 is 11.1 Å². The van der Waals surface area contributed by atoms with Crippen LogP contribution in [0.1, 0.15) is 59.2 Å². The van der Waals surface area contributed by atoms with Crippen LogP contribution in [-0.2, 0) is 10.8 Å². The topological polar surface area (TPSA) is 164 Å². The lowest BCUT2D eigenvalue weighted by molar-refractivity contribution is 0.0945. The molecule has 0 aliphatic heterocycles. The number of aromatic nitrogens is 8. The van der Waals surface area contributed by atoms with E-state index >= 15 is 0 Å². The van der Waals surface area contributed by atoms with Crippen LogP contribution in [0.2, 0.25) is 0 Å². The van der Waals surface area contributed by atoms with Crippen molar-refractivity contribution in [1.82, 2.24) is 45.6 Å². The van der Waals surface area contributed by atoms with Gasteiger partial charge in [-0.15, -0.1) is 22.7 Å². The molecule has 1 amide bonds. The number of carbonyl (C=O) groups excluding carboxylic acids is 1. The molecule has 0 saturated heterocycles. The van der Waals surface area contributed by atoms with E-state index in [1.807, 2.05) is 42.5 Å². The molecule has 6 aromatic heterocycles. The van der Waals surface area contributed by atoms with E-state index in [4.69, 9.17) is 15.7 Å². The molecule has 13 heteroatoms. The van der Waals surface area contributed by atoms with Gasteiger partial charge >= 0.3 is 0 Å². The highest BCUT2D eigenvalue weighted by Crippen LogP contribution is 2.37. The van der Waals surface area contributed by atoms with Gasteiger partial charge < -0.3 is 11.1 Å². The first-order chi connectivity index (χ1) is 23.0. The minimum absolute atomic E-state index is 0.0731. The van der Waals surface area contributed by atoms with Crippen molar-refractivity contribution in [2.75, 3.05) is 13.1 Å². The fraction of sp³-hybridized carbons (Fsp3) is 0.286. The Bertz CT molecular complexity index is 2190. The minimum Gasteiger partial charge on any atom is -0.351 e. The van der Waals surface area contributed by atoms with Gasteiger partial charge in [0.1, 0.15) is 10.0 Å². The van der Waals surface area contributed by atoms with Gasteiger partial charge in [-0.3, -0.25) is 15.0 Å². The van der Waals surface area contributed by atoms with Crippen LogP contribution in [0, 0.1) is 13.8 Å². The van der Waals surface area contributed by atoms with E-state index in [0.29, 0.717) is 18.7 Å². The van der Waals surface area contributed by atoms with Crippen LogP contribution in [0.15, 0.2) is 67.3 Å². The van der Waals surface area contributed by atoms with Crippen molar-refractivity contribution < 1.29 is 4.79 Å². The number of fused-ring (bicyclic) bond motifs is 2. The van der Waals surface area contributed by atoms with Crippen molar-refractivity contribution in [3.8, 4) is 21.1 Å². The zero-order chi connectivity index (χ0) is 34.1. The van der Waals surface area contributed by atoms with Crippen LogP contribution in [0.5, 0.6) is 0 Å². The zero-order valence-electron chi connectivity index (χ0n) is 27.8. The molecule has 1 aromatic carbocycles. The van der Waals surface area contributed by atoms with Crippen LogP contribution in [0.25, 0.3) is 43.2 Å². The summed E-state index contributed by atoms with van der Waals surface area (Å²) in [6, 6.07) is 13.2. The van der Waals surface area contributed by atoms with Crippen molar-refractivity contribution in [2.45, 2.75) is 52.4 Å². The minimum atomic E-state index is -0.300. The Morgan fingerprint density at radius 3 is 1.77 bits per heavy atom. The third kappa shape index (κ3) is 6.61. The summed E-state index contributed by atoms with van der Waals surface area (Å²) in [5.41, 5.74) is 11.8. The lowest BCUT2D eigenvalue weighted by atomic mass is 9.88. The van der Waals surface area contributed by atoms with Crippen LogP contribution in [0.4, 0.5) is 0 Å². The molecule has 0 spiro atoms. The van der Waals surface area contributed by atoms with Gasteiger partial charge in [0.2, 0.25) is 0 Å². The molecule has 246 valence electrons. The van der Waals surface area contributed by atoms with Gasteiger partial charge in [-0.05, 0) is 38.1 Å². The second kappa shape index (κ2) is 13.3. The fourth-order valence-corrected chi connectivity index (χ4v) is 7.79. The molecule has 7 rings (SSSR count). The molecule has 5 N–H and O–H groups in total. The second-order valence-corrected chi connectivity index (χ2v) is 15.3. The van der Waals surface area contributed by atoms with Crippen molar-refractivity contribution in [2.24, 2.45) is 5.73 Å². The van der Waals surface area contributed by atoms with Gasteiger partial charge in [-0.25, -0.2) is 19.9 Å². The molecule has 0 aliphatic carbocycles. The third-order valence-electron chi connectivity index (χ3n) is 8.28. The quantitative estimate of drug-likeness (QED) is 0.138. The summed E-state index contributed by atoms with van der Waals surface area (Å²) in [6.45, 7) is 13.7. The number of aryl methyl sites for hydroxylation is 2. The van der Waals surface area contributed by atoms with E-state index in [9.17, 15) is 4.79 Å². The number of nitrogens with two attached hydrogens (primary N) is 1. The first-order valence-electron chi connectivity index (χ1n) is 15.5. The predicted octanol–water partition coefficient (Wildman–Crippen LogP) is 6.72. The largest absolute Gasteiger partial charge is 0.351 e. The first kappa shape index (κ1) is 33.1. The molecule has 7 aromatic rings. The molecular formula is C35H38N10OS2. The normalized spacial score (nSPS) is 11.9. The molecule has 48 heavy (non-hydrogen) atoms. The molecule has 0 radical (unpaired) electrons. The predicted molar refractivity (Wildman–Crippen MR) is 193 cm³/mol. The molecular weight excluding hydrogens is 641 g/mol. The van der Waals surface area contributed by atoms with E-state index in [-0.39, 0.29) is 16.7 Å². The number of hydrogen-bond acceptors (Lipinski definition) is 10. The van der Waals surface area contributed by atoms with Crippen LogP contribution in [0.3, 0.4) is 0 Å². The summed E-state index contributed by atoms with van der Waals surface area (Å²) in [7, 11) is 0. The lowest BCUT2D eigenvalue weighted by Gasteiger charge is -2.24. The summed E-state index contributed by atoms with van der Waals surface area (Å²) >= 11 is 3.34. The Morgan fingerprint density at radius 1 is 0.771 bits per heavy atom. The number of rotatable bonds is 8. The van der Waals surface area contributed by atoms with E-state index < -0.39 is 0 Å². The number of thiazole rings is 2. The zero-order valence-corrected chi connectivity index (χ0v) is 29.4. The molecule has 11 nitrogen and oxygen atoms in total. The van der Waals surface area contributed by atoms with Crippen molar-refractivity contribution in [3.05, 3.63) is 94.0 Å². The number of benzene rings is 1. The second-order valence-electron chi connectivity index (χ2n) is 12.8. The van der Waals surface area contributed by atoms with Crippen molar-refractivity contribution in [1.29, 1.82) is 0 Å². The van der Waals surface area contributed by atoms with E-state index in [1.165, 1.54) is 4.88 Å². The molecule has 0 aliphatic rings. The van der Waals surface area contributed by atoms with Gasteiger partial charge in [-0.1, -0.05) is 45.9 Å². The maximum absolute atomic E-state index is 12.4. The van der Waals surface area contributed by atoms with Gasteiger partial charge in [0, 0.05) is 73.5 Å².